The fraction of sp³-hybridized carbons (Fsp3) is 0.538. The molecule has 0 radical (unpaired) electrons. The van der Waals surface area contributed by atoms with Crippen LogP contribution in [0.5, 0.6) is 0 Å². The van der Waals surface area contributed by atoms with Gasteiger partial charge in [0.25, 0.3) is 0 Å². The number of benzene rings is 1. The Morgan fingerprint density at radius 2 is 2.20 bits per heavy atom. The van der Waals surface area contributed by atoms with Gasteiger partial charge in [-0.15, -0.1) is 0 Å². The Kier molecular flexibility index (Phi) is 3.81. The lowest BCUT2D eigenvalue weighted by Crippen LogP contribution is -2.27. The first-order valence-electron chi connectivity index (χ1n) is 5.65. The van der Waals surface area contributed by atoms with Crippen LogP contribution in [0.1, 0.15) is 24.0 Å². The maximum Gasteiger partial charge on any atom is 0.0237 e. The zero-order valence-corrected chi connectivity index (χ0v) is 10.8. The van der Waals surface area contributed by atoms with Gasteiger partial charge >= 0.3 is 0 Å². The Labute approximate surface area is 101 Å². The summed E-state index contributed by atoms with van der Waals surface area (Å²) in [5.74, 6) is 0. The molecule has 0 amide bonds. The topological polar surface area (TPSA) is 3.24 Å². The lowest BCUT2D eigenvalue weighted by Gasteiger charge is -2.20. The van der Waals surface area contributed by atoms with Crippen molar-refractivity contribution in [3.63, 3.8) is 0 Å². The Morgan fingerprint density at radius 1 is 1.40 bits per heavy atom. The Morgan fingerprint density at radius 3 is 2.80 bits per heavy atom. The van der Waals surface area contributed by atoms with Gasteiger partial charge in [-0.3, -0.25) is 4.90 Å². The Balaban J connectivity index is 1.98. The van der Waals surface area contributed by atoms with Gasteiger partial charge in [0.1, 0.15) is 0 Å². The second-order valence-corrected chi connectivity index (χ2v) is 5.17. The molecule has 2 heteroatoms. The highest BCUT2D eigenvalue weighted by atomic mass is 79.9. The van der Waals surface area contributed by atoms with Crippen molar-refractivity contribution in [1.82, 2.24) is 4.90 Å². The van der Waals surface area contributed by atoms with Crippen LogP contribution in [0.25, 0.3) is 0 Å². The fourth-order valence-electron chi connectivity index (χ4n) is 1.98. The van der Waals surface area contributed by atoms with Crippen molar-refractivity contribution in [1.29, 1.82) is 0 Å². The normalized spacial score (nSPS) is 15.9. The molecule has 2 rings (SSSR count). The number of rotatable bonds is 5. The van der Waals surface area contributed by atoms with Crippen LogP contribution in [-0.2, 0) is 6.54 Å². The number of aryl methyl sites for hydroxylation is 1. The molecule has 0 aromatic heterocycles. The predicted octanol–water partition coefficient (Wildman–Crippen LogP) is 3.35. The first-order chi connectivity index (χ1) is 7.29. The van der Waals surface area contributed by atoms with Crippen LogP contribution in [-0.4, -0.2) is 22.8 Å². The fourth-order valence-corrected chi connectivity index (χ4v) is 2.44. The van der Waals surface area contributed by atoms with Gasteiger partial charge in [0, 0.05) is 24.5 Å². The third-order valence-corrected chi connectivity index (χ3v) is 3.26. The van der Waals surface area contributed by atoms with Crippen LogP contribution in [0.3, 0.4) is 0 Å². The monoisotopic (exact) mass is 267 g/mol. The van der Waals surface area contributed by atoms with Gasteiger partial charge in [-0.2, -0.15) is 0 Å². The largest absolute Gasteiger partial charge is 0.295 e. The van der Waals surface area contributed by atoms with Gasteiger partial charge < -0.3 is 0 Å². The summed E-state index contributed by atoms with van der Waals surface area (Å²) in [6, 6.07) is 9.70. The highest BCUT2D eigenvalue weighted by Crippen LogP contribution is 2.28. The molecular formula is C13H18BrN. The molecule has 0 N–H and O–H groups in total. The summed E-state index contributed by atoms with van der Waals surface area (Å²) in [6.07, 6.45) is 2.78. The predicted molar refractivity (Wildman–Crippen MR) is 68.4 cm³/mol. The third-order valence-electron chi connectivity index (χ3n) is 2.90. The quantitative estimate of drug-likeness (QED) is 0.740. The summed E-state index contributed by atoms with van der Waals surface area (Å²) in [5.41, 5.74) is 2.81. The molecule has 1 aliphatic rings. The van der Waals surface area contributed by atoms with Gasteiger partial charge in [-0.25, -0.2) is 0 Å². The van der Waals surface area contributed by atoms with E-state index in [0.717, 1.165) is 17.9 Å². The second kappa shape index (κ2) is 5.13. The van der Waals surface area contributed by atoms with Gasteiger partial charge in [-0.1, -0.05) is 45.8 Å². The van der Waals surface area contributed by atoms with Crippen LogP contribution in [0.15, 0.2) is 24.3 Å². The lowest BCUT2D eigenvalue weighted by molar-refractivity contribution is 0.272. The summed E-state index contributed by atoms with van der Waals surface area (Å²) in [4.78, 5) is 2.59. The summed E-state index contributed by atoms with van der Waals surface area (Å²) in [5, 5.41) is 1.08. The molecular weight excluding hydrogens is 250 g/mol. The van der Waals surface area contributed by atoms with Crippen molar-refractivity contribution in [2.45, 2.75) is 32.4 Å². The van der Waals surface area contributed by atoms with E-state index in [-0.39, 0.29) is 0 Å². The molecule has 1 nitrogen and oxygen atoms in total. The van der Waals surface area contributed by atoms with Gasteiger partial charge in [-0.05, 0) is 25.3 Å². The van der Waals surface area contributed by atoms with E-state index >= 15 is 0 Å². The summed E-state index contributed by atoms with van der Waals surface area (Å²) in [6.45, 7) is 4.44. The van der Waals surface area contributed by atoms with Crippen molar-refractivity contribution < 1.29 is 0 Å². The van der Waals surface area contributed by atoms with Crippen molar-refractivity contribution in [3.05, 3.63) is 35.4 Å². The van der Waals surface area contributed by atoms with Gasteiger partial charge in [0.15, 0.2) is 0 Å². The van der Waals surface area contributed by atoms with E-state index in [4.69, 9.17) is 0 Å². The molecule has 1 aromatic rings. The molecule has 0 saturated heterocycles. The van der Waals surface area contributed by atoms with Gasteiger partial charge in [0.05, 0.1) is 0 Å². The van der Waals surface area contributed by atoms with Gasteiger partial charge in [0.2, 0.25) is 0 Å². The molecule has 0 aliphatic heterocycles. The highest BCUT2D eigenvalue weighted by Gasteiger charge is 2.28. The number of hydrogen-bond donors (Lipinski definition) is 0. The number of halogens is 1. The number of hydrogen-bond acceptors (Lipinski definition) is 1. The van der Waals surface area contributed by atoms with E-state index in [1.54, 1.807) is 0 Å². The van der Waals surface area contributed by atoms with Crippen LogP contribution < -0.4 is 0 Å². The second-order valence-electron chi connectivity index (χ2n) is 4.38. The maximum atomic E-state index is 3.53. The van der Waals surface area contributed by atoms with Crippen molar-refractivity contribution in [2.75, 3.05) is 11.9 Å². The molecule has 0 spiro atoms. The zero-order chi connectivity index (χ0) is 10.7. The molecule has 0 atom stereocenters. The molecule has 15 heavy (non-hydrogen) atoms. The lowest BCUT2D eigenvalue weighted by atomic mass is 10.1. The minimum absolute atomic E-state index is 0.850. The average Bonchev–Trinajstić information content (AvgIpc) is 3.00. The molecule has 82 valence electrons. The van der Waals surface area contributed by atoms with Crippen LogP contribution in [0, 0.1) is 6.92 Å². The van der Waals surface area contributed by atoms with E-state index in [1.165, 1.54) is 30.5 Å². The molecule has 0 heterocycles. The molecule has 1 aliphatic carbocycles. The molecule has 1 aromatic carbocycles. The summed E-state index contributed by atoms with van der Waals surface area (Å²) in [7, 11) is 0. The van der Waals surface area contributed by atoms with E-state index in [2.05, 4.69) is 52.0 Å². The minimum atomic E-state index is 0.850. The summed E-state index contributed by atoms with van der Waals surface area (Å²) < 4.78 is 0. The van der Waals surface area contributed by atoms with E-state index in [9.17, 15) is 0 Å². The SMILES string of the molecule is Cc1cccc(CN(CCBr)C2CC2)c1. The van der Waals surface area contributed by atoms with E-state index in [1.807, 2.05) is 0 Å². The van der Waals surface area contributed by atoms with Crippen molar-refractivity contribution in [3.8, 4) is 0 Å². The van der Waals surface area contributed by atoms with Crippen molar-refractivity contribution in [2.24, 2.45) is 0 Å². The minimum Gasteiger partial charge on any atom is -0.295 e. The standard InChI is InChI=1S/C13H18BrN/c1-11-3-2-4-12(9-11)10-15(8-7-14)13-5-6-13/h2-4,9,13H,5-8,10H2,1H3. The van der Waals surface area contributed by atoms with E-state index < -0.39 is 0 Å². The van der Waals surface area contributed by atoms with Crippen molar-refractivity contribution >= 4 is 15.9 Å². The molecule has 0 bridgehead atoms. The first kappa shape index (κ1) is 11.2. The molecule has 1 fully saturated rings. The highest BCUT2D eigenvalue weighted by molar-refractivity contribution is 9.09. The zero-order valence-electron chi connectivity index (χ0n) is 9.25. The maximum absolute atomic E-state index is 3.53. The van der Waals surface area contributed by atoms with Crippen LogP contribution >= 0.6 is 15.9 Å². The number of alkyl halides is 1. The smallest absolute Gasteiger partial charge is 0.0237 e. The Hall–Kier alpha value is -0.340. The van der Waals surface area contributed by atoms with Crippen LogP contribution in [0.2, 0.25) is 0 Å². The third kappa shape index (κ3) is 3.32. The molecule has 0 unspecified atom stereocenters. The molecule has 1 saturated carbocycles. The summed E-state index contributed by atoms with van der Waals surface area (Å²) >= 11 is 3.53. The van der Waals surface area contributed by atoms with Crippen LogP contribution in [0.4, 0.5) is 0 Å². The first-order valence-corrected chi connectivity index (χ1v) is 6.77. The average molecular weight is 268 g/mol. The Bertz CT molecular complexity index is 320. The number of nitrogens with zero attached hydrogens (tertiary/aromatic N) is 1. The van der Waals surface area contributed by atoms with E-state index in [0.29, 0.717) is 0 Å².